The number of carbonyl (C=O) groups is 1. The summed E-state index contributed by atoms with van der Waals surface area (Å²) < 4.78 is 18.9. The van der Waals surface area contributed by atoms with Gasteiger partial charge in [-0.05, 0) is 42.8 Å². The maximum atomic E-state index is 13.6. The number of hydrogen-bond donors (Lipinski definition) is 2. The number of hydrogen-bond acceptors (Lipinski definition) is 4. The van der Waals surface area contributed by atoms with Crippen molar-refractivity contribution < 1.29 is 13.9 Å². The van der Waals surface area contributed by atoms with Crippen LogP contribution in [0, 0.1) is 12.7 Å². The molecule has 0 aliphatic rings. The molecular weight excluding hydrogens is 345 g/mol. The number of aryl methyl sites for hydroxylation is 1. The summed E-state index contributed by atoms with van der Waals surface area (Å²) in [6.45, 7) is 2.25. The quantitative estimate of drug-likeness (QED) is 0.679. The number of carbonyl (C=O) groups excluding carboxylic acids is 1. The first-order valence-corrected chi connectivity index (χ1v) is 8.46. The molecular formula is C21H20FN3O2. The van der Waals surface area contributed by atoms with Crippen LogP contribution in [-0.4, -0.2) is 18.0 Å². The summed E-state index contributed by atoms with van der Waals surface area (Å²) in [7, 11) is 1.55. The van der Waals surface area contributed by atoms with E-state index in [9.17, 15) is 9.18 Å². The van der Waals surface area contributed by atoms with Crippen molar-refractivity contribution in [3.8, 4) is 5.75 Å². The second-order valence-corrected chi connectivity index (χ2v) is 6.03. The lowest BCUT2D eigenvalue weighted by Gasteiger charge is -2.11. The fraction of sp³-hybridized carbons (Fsp3) is 0.143. The van der Waals surface area contributed by atoms with Crippen molar-refractivity contribution in [3.63, 3.8) is 0 Å². The largest absolute Gasteiger partial charge is 0.495 e. The number of anilines is 2. The molecule has 3 aromatic rings. The smallest absolute Gasteiger partial charge is 0.257 e. The Morgan fingerprint density at radius 2 is 1.96 bits per heavy atom. The highest BCUT2D eigenvalue weighted by molar-refractivity contribution is 6.05. The summed E-state index contributed by atoms with van der Waals surface area (Å²) in [4.78, 5) is 16.7. The minimum Gasteiger partial charge on any atom is -0.495 e. The molecule has 0 bridgehead atoms. The predicted molar refractivity (Wildman–Crippen MR) is 104 cm³/mol. The Kier molecular flexibility index (Phi) is 5.66. The van der Waals surface area contributed by atoms with Gasteiger partial charge in [-0.3, -0.25) is 4.79 Å². The zero-order chi connectivity index (χ0) is 19.2. The van der Waals surface area contributed by atoms with Gasteiger partial charge in [-0.25, -0.2) is 9.37 Å². The van der Waals surface area contributed by atoms with Gasteiger partial charge in [0.15, 0.2) is 0 Å². The number of rotatable bonds is 6. The third-order valence-corrected chi connectivity index (χ3v) is 4.05. The molecule has 138 valence electrons. The third kappa shape index (κ3) is 4.61. The Labute approximate surface area is 157 Å². The first kappa shape index (κ1) is 18.4. The van der Waals surface area contributed by atoms with E-state index in [0.29, 0.717) is 34.9 Å². The number of nitrogens with zero attached hydrogens (tertiary/aromatic N) is 1. The van der Waals surface area contributed by atoms with Gasteiger partial charge in [-0.1, -0.05) is 24.3 Å². The van der Waals surface area contributed by atoms with E-state index in [1.807, 2.05) is 19.1 Å². The normalized spacial score (nSPS) is 10.3. The van der Waals surface area contributed by atoms with Crippen molar-refractivity contribution in [3.05, 3.63) is 83.3 Å². The van der Waals surface area contributed by atoms with Gasteiger partial charge in [-0.15, -0.1) is 0 Å². The summed E-state index contributed by atoms with van der Waals surface area (Å²) in [5.41, 5.74) is 2.57. The molecule has 0 aliphatic heterocycles. The van der Waals surface area contributed by atoms with Crippen molar-refractivity contribution >= 4 is 17.4 Å². The molecule has 5 nitrogen and oxygen atoms in total. The van der Waals surface area contributed by atoms with Gasteiger partial charge in [-0.2, -0.15) is 0 Å². The van der Waals surface area contributed by atoms with Crippen LogP contribution in [0.25, 0.3) is 0 Å². The molecule has 6 heteroatoms. The highest BCUT2D eigenvalue weighted by atomic mass is 19.1. The van der Waals surface area contributed by atoms with Crippen LogP contribution in [0.15, 0.2) is 60.8 Å². The molecule has 0 radical (unpaired) electrons. The second kappa shape index (κ2) is 8.31. The van der Waals surface area contributed by atoms with Crippen LogP contribution in [0.2, 0.25) is 0 Å². The fourth-order valence-corrected chi connectivity index (χ4v) is 2.57. The SMILES string of the molecule is COc1ccc(C)cc1NC(=O)c1ccc(NCc2ccccc2F)nc1. The topological polar surface area (TPSA) is 63.2 Å². The molecule has 2 N–H and O–H groups in total. The highest BCUT2D eigenvalue weighted by Gasteiger charge is 2.11. The molecule has 0 spiro atoms. The van der Waals surface area contributed by atoms with Crippen LogP contribution in [0.1, 0.15) is 21.5 Å². The number of ether oxygens (including phenoxy) is 1. The molecule has 0 fully saturated rings. The van der Waals surface area contributed by atoms with Crippen molar-refractivity contribution in [1.82, 2.24) is 4.98 Å². The Morgan fingerprint density at radius 1 is 1.15 bits per heavy atom. The Balaban J connectivity index is 1.65. The lowest BCUT2D eigenvalue weighted by Crippen LogP contribution is -2.13. The lowest BCUT2D eigenvalue weighted by molar-refractivity contribution is 0.102. The molecule has 0 saturated heterocycles. The monoisotopic (exact) mass is 365 g/mol. The molecule has 0 unspecified atom stereocenters. The van der Waals surface area contributed by atoms with Crippen molar-refractivity contribution in [2.45, 2.75) is 13.5 Å². The summed E-state index contributed by atoms with van der Waals surface area (Å²) in [6.07, 6.45) is 1.47. The van der Waals surface area contributed by atoms with E-state index in [2.05, 4.69) is 15.6 Å². The summed E-state index contributed by atoms with van der Waals surface area (Å²) >= 11 is 0. The first-order valence-electron chi connectivity index (χ1n) is 8.46. The van der Waals surface area contributed by atoms with Gasteiger partial charge in [0, 0.05) is 18.3 Å². The molecule has 1 aromatic heterocycles. The van der Waals surface area contributed by atoms with Gasteiger partial charge >= 0.3 is 0 Å². The predicted octanol–water partition coefficient (Wildman–Crippen LogP) is 4.40. The number of nitrogens with one attached hydrogen (secondary N) is 2. The average Bonchev–Trinajstić information content (AvgIpc) is 2.68. The lowest BCUT2D eigenvalue weighted by atomic mass is 10.2. The molecule has 27 heavy (non-hydrogen) atoms. The zero-order valence-corrected chi connectivity index (χ0v) is 15.1. The van der Waals surface area contributed by atoms with E-state index in [4.69, 9.17) is 4.74 Å². The van der Waals surface area contributed by atoms with Crippen LogP contribution >= 0.6 is 0 Å². The number of halogens is 1. The molecule has 0 aliphatic carbocycles. The van der Waals surface area contributed by atoms with E-state index in [1.54, 1.807) is 43.5 Å². The highest BCUT2D eigenvalue weighted by Crippen LogP contribution is 2.25. The Morgan fingerprint density at radius 3 is 2.67 bits per heavy atom. The molecule has 3 rings (SSSR count). The maximum Gasteiger partial charge on any atom is 0.257 e. The van der Waals surface area contributed by atoms with Crippen LogP contribution in [0.3, 0.4) is 0 Å². The third-order valence-electron chi connectivity index (χ3n) is 4.05. The number of aromatic nitrogens is 1. The fourth-order valence-electron chi connectivity index (χ4n) is 2.57. The average molecular weight is 365 g/mol. The molecule has 2 aromatic carbocycles. The van der Waals surface area contributed by atoms with Crippen LogP contribution < -0.4 is 15.4 Å². The van der Waals surface area contributed by atoms with E-state index < -0.39 is 0 Å². The number of benzene rings is 2. The summed E-state index contributed by atoms with van der Waals surface area (Å²) in [5.74, 6) is 0.591. The standard InChI is InChI=1S/C21H20FN3O2/c1-14-7-9-19(27-2)18(11-14)25-21(26)16-8-10-20(24-13-16)23-12-15-5-3-4-6-17(15)22/h3-11,13H,12H2,1-2H3,(H,23,24)(H,25,26). The van der Waals surface area contributed by atoms with E-state index in [0.717, 1.165) is 5.56 Å². The Hall–Kier alpha value is -3.41. The van der Waals surface area contributed by atoms with Gasteiger partial charge in [0.05, 0.1) is 18.4 Å². The minimum atomic E-state index is -0.285. The van der Waals surface area contributed by atoms with Crippen LogP contribution in [0.5, 0.6) is 5.75 Å². The maximum absolute atomic E-state index is 13.6. The van der Waals surface area contributed by atoms with Crippen molar-refractivity contribution in [2.24, 2.45) is 0 Å². The zero-order valence-electron chi connectivity index (χ0n) is 15.1. The second-order valence-electron chi connectivity index (χ2n) is 6.03. The van der Waals surface area contributed by atoms with Crippen LogP contribution in [0.4, 0.5) is 15.9 Å². The minimum absolute atomic E-state index is 0.270. The van der Waals surface area contributed by atoms with E-state index in [-0.39, 0.29) is 11.7 Å². The Bertz CT molecular complexity index is 942. The number of amides is 1. The molecule has 1 heterocycles. The molecule has 0 saturated carbocycles. The van der Waals surface area contributed by atoms with Gasteiger partial charge in [0.25, 0.3) is 5.91 Å². The van der Waals surface area contributed by atoms with Gasteiger partial charge < -0.3 is 15.4 Å². The van der Waals surface area contributed by atoms with Gasteiger partial charge in [0.1, 0.15) is 17.4 Å². The van der Waals surface area contributed by atoms with Gasteiger partial charge in [0.2, 0.25) is 0 Å². The summed E-state index contributed by atoms with van der Waals surface area (Å²) in [5, 5.41) is 5.87. The van der Waals surface area contributed by atoms with E-state index in [1.165, 1.54) is 12.3 Å². The summed E-state index contributed by atoms with van der Waals surface area (Å²) in [6, 6.07) is 15.4. The molecule has 1 amide bonds. The van der Waals surface area contributed by atoms with Crippen molar-refractivity contribution in [1.29, 1.82) is 0 Å². The first-order chi connectivity index (χ1) is 13.1. The van der Waals surface area contributed by atoms with Crippen LogP contribution in [-0.2, 0) is 6.54 Å². The van der Waals surface area contributed by atoms with Crippen molar-refractivity contribution in [2.75, 3.05) is 17.7 Å². The number of pyridine rings is 1. The molecule has 0 atom stereocenters. The number of methoxy groups -OCH3 is 1. The van der Waals surface area contributed by atoms with E-state index >= 15 is 0 Å².